The van der Waals surface area contributed by atoms with Gasteiger partial charge >= 0.3 is 5.97 Å². The van der Waals surface area contributed by atoms with Gasteiger partial charge in [-0.2, -0.15) is 5.10 Å². The van der Waals surface area contributed by atoms with Crippen molar-refractivity contribution in [3.05, 3.63) is 58.9 Å². The van der Waals surface area contributed by atoms with E-state index < -0.39 is 5.97 Å². The van der Waals surface area contributed by atoms with E-state index in [1.807, 2.05) is 58.9 Å². The quantitative estimate of drug-likeness (QED) is 0.532. The fraction of sp³-hybridized carbons (Fsp3) is 0.417. The van der Waals surface area contributed by atoms with Crippen LogP contribution in [0.4, 0.5) is 0 Å². The number of ether oxygens (including phenoxy) is 1. The number of pyridine rings is 1. The highest BCUT2D eigenvalue weighted by Crippen LogP contribution is 2.25. The summed E-state index contributed by atoms with van der Waals surface area (Å²) in [7, 11) is 1.70. The van der Waals surface area contributed by atoms with E-state index >= 15 is 0 Å². The zero-order chi connectivity index (χ0) is 22.7. The van der Waals surface area contributed by atoms with Crippen molar-refractivity contribution in [2.24, 2.45) is 0 Å². The van der Waals surface area contributed by atoms with Gasteiger partial charge in [0, 0.05) is 25.3 Å². The first-order chi connectivity index (χ1) is 14.7. The molecule has 0 bridgehead atoms. The predicted molar refractivity (Wildman–Crippen MR) is 120 cm³/mol. The van der Waals surface area contributed by atoms with Crippen molar-refractivity contribution in [1.82, 2.24) is 19.7 Å². The van der Waals surface area contributed by atoms with Crippen molar-refractivity contribution in [3.63, 3.8) is 0 Å². The molecule has 0 aliphatic heterocycles. The van der Waals surface area contributed by atoms with Gasteiger partial charge in [0.25, 0.3) is 5.91 Å². The second-order valence-corrected chi connectivity index (χ2v) is 8.48. The number of amides is 1. The number of nitrogens with zero attached hydrogens (tertiary/aromatic N) is 4. The molecule has 0 unspecified atom stereocenters. The van der Waals surface area contributed by atoms with E-state index in [0.29, 0.717) is 23.1 Å². The molecule has 3 rings (SSSR count). The summed E-state index contributed by atoms with van der Waals surface area (Å²) >= 11 is 0. The molecule has 0 N–H and O–H groups in total. The van der Waals surface area contributed by atoms with E-state index in [4.69, 9.17) is 9.72 Å². The molecule has 2 aromatic heterocycles. The molecule has 1 amide bonds. The summed E-state index contributed by atoms with van der Waals surface area (Å²) in [6.07, 6.45) is 1.63. The zero-order valence-electron chi connectivity index (χ0n) is 19.0. The van der Waals surface area contributed by atoms with Crippen LogP contribution in [0.2, 0.25) is 0 Å². The minimum Gasteiger partial charge on any atom is -0.452 e. The highest BCUT2D eigenvalue weighted by molar-refractivity contribution is 6.03. The molecule has 0 atom stereocenters. The number of hydrogen-bond acceptors (Lipinski definition) is 5. The van der Waals surface area contributed by atoms with Crippen molar-refractivity contribution in [3.8, 4) is 0 Å². The van der Waals surface area contributed by atoms with E-state index in [-0.39, 0.29) is 24.5 Å². The Hall–Kier alpha value is -3.22. The minimum absolute atomic E-state index is 0.105. The number of aryl methyl sites for hydroxylation is 1. The molecular formula is C24H30N4O3. The maximum absolute atomic E-state index is 12.9. The molecule has 0 saturated carbocycles. The first kappa shape index (κ1) is 22.5. The Kier molecular flexibility index (Phi) is 6.73. The number of carbonyl (C=O) groups excluding carboxylic acids is 2. The number of aromatic nitrogens is 3. The topological polar surface area (TPSA) is 77.3 Å². The van der Waals surface area contributed by atoms with Crippen LogP contribution in [0.25, 0.3) is 11.0 Å². The molecule has 164 valence electrons. The third-order valence-electron chi connectivity index (χ3n) is 5.18. The summed E-state index contributed by atoms with van der Waals surface area (Å²) in [5, 5.41) is 5.01. The number of likely N-dealkylation sites (N-methyl/N-ethyl adjacent to an activating group) is 1. The second-order valence-electron chi connectivity index (χ2n) is 8.48. The molecule has 2 heterocycles. The van der Waals surface area contributed by atoms with Crippen molar-refractivity contribution in [2.75, 3.05) is 13.7 Å². The smallest absolute Gasteiger partial charge is 0.339 e. The van der Waals surface area contributed by atoms with Crippen LogP contribution in [0, 0.1) is 6.92 Å². The molecule has 7 heteroatoms. The summed E-state index contributed by atoms with van der Waals surface area (Å²) in [6, 6.07) is 9.82. The lowest BCUT2D eigenvalue weighted by Crippen LogP contribution is -2.30. The van der Waals surface area contributed by atoms with Gasteiger partial charge in [-0.15, -0.1) is 0 Å². The summed E-state index contributed by atoms with van der Waals surface area (Å²) in [4.78, 5) is 31.6. The van der Waals surface area contributed by atoms with Gasteiger partial charge in [-0.3, -0.25) is 4.79 Å². The molecule has 0 aliphatic carbocycles. The van der Waals surface area contributed by atoms with Gasteiger partial charge in [-0.1, -0.05) is 43.7 Å². The van der Waals surface area contributed by atoms with Gasteiger partial charge in [0.1, 0.15) is 0 Å². The average molecular weight is 423 g/mol. The zero-order valence-corrected chi connectivity index (χ0v) is 19.0. The van der Waals surface area contributed by atoms with Crippen molar-refractivity contribution in [2.45, 2.75) is 53.1 Å². The fourth-order valence-corrected chi connectivity index (χ4v) is 3.25. The monoisotopic (exact) mass is 422 g/mol. The van der Waals surface area contributed by atoms with E-state index in [1.54, 1.807) is 28.9 Å². The van der Waals surface area contributed by atoms with Gasteiger partial charge in [-0.05, 0) is 38.3 Å². The minimum atomic E-state index is -0.547. The summed E-state index contributed by atoms with van der Waals surface area (Å²) in [5.74, 6) is -0.676. The molecule has 3 aromatic rings. The lowest BCUT2D eigenvalue weighted by molar-refractivity contribution is -0.133. The Morgan fingerprint density at radius 1 is 1.13 bits per heavy atom. The van der Waals surface area contributed by atoms with Gasteiger partial charge in [0.05, 0.1) is 17.1 Å². The van der Waals surface area contributed by atoms with E-state index in [0.717, 1.165) is 16.8 Å². The van der Waals surface area contributed by atoms with Crippen LogP contribution >= 0.6 is 0 Å². The first-order valence-electron chi connectivity index (χ1n) is 10.5. The van der Waals surface area contributed by atoms with Crippen LogP contribution in [0.3, 0.4) is 0 Å². The molecule has 0 saturated heterocycles. The maximum Gasteiger partial charge on any atom is 0.339 e. The molecule has 31 heavy (non-hydrogen) atoms. The molecule has 1 aromatic carbocycles. The Morgan fingerprint density at radius 2 is 1.81 bits per heavy atom. The van der Waals surface area contributed by atoms with Crippen molar-refractivity contribution in [1.29, 1.82) is 0 Å². The third kappa shape index (κ3) is 5.10. The Bertz CT molecular complexity index is 1080. The van der Waals surface area contributed by atoms with E-state index in [2.05, 4.69) is 5.10 Å². The molecule has 0 radical (unpaired) electrons. The highest BCUT2D eigenvalue weighted by atomic mass is 16.5. The first-order valence-corrected chi connectivity index (χ1v) is 10.5. The maximum atomic E-state index is 12.9. The number of rotatable bonds is 7. The predicted octanol–water partition coefficient (Wildman–Crippen LogP) is 4.26. The number of carbonyl (C=O) groups is 2. The SMILES string of the molecule is Cc1ccc(CN(C)C(=O)COC(=O)c2cc(C(C)C)nc3c2cnn3C(C)C)cc1. The summed E-state index contributed by atoms with van der Waals surface area (Å²) in [5.41, 5.74) is 4.00. The van der Waals surface area contributed by atoms with Crippen LogP contribution in [0.1, 0.15) is 66.8 Å². The van der Waals surface area contributed by atoms with Gasteiger partial charge < -0.3 is 9.64 Å². The lowest BCUT2D eigenvalue weighted by Gasteiger charge is -2.17. The van der Waals surface area contributed by atoms with Crippen LogP contribution in [-0.4, -0.2) is 45.2 Å². The standard InChI is InChI=1S/C24H30N4O3/c1-15(2)21-11-19(20-12-25-28(16(3)4)23(20)26-21)24(30)31-14-22(29)27(6)13-18-9-7-17(5)8-10-18/h7-12,15-16H,13-14H2,1-6H3. The number of hydrogen-bond donors (Lipinski definition) is 0. The van der Waals surface area contributed by atoms with Gasteiger partial charge in [-0.25, -0.2) is 14.5 Å². The molecule has 7 nitrogen and oxygen atoms in total. The van der Waals surface area contributed by atoms with Gasteiger partial charge in [0.15, 0.2) is 12.3 Å². The number of benzene rings is 1. The average Bonchev–Trinajstić information content (AvgIpc) is 3.16. The highest BCUT2D eigenvalue weighted by Gasteiger charge is 2.21. The Labute approximate surface area is 183 Å². The largest absolute Gasteiger partial charge is 0.452 e. The van der Waals surface area contributed by atoms with E-state index in [9.17, 15) is 9.59 Å². The molecule has 0 aliphatic rings. The number of fused-ring (bicyclic) bond motifs is 1. The van der Waals surface area contributed by atoms with Crippen LogP contribution in [0.15, 0.2) is 36.5 Å². The molecule has 0 spiro atoms. The Balaban J connectivity index is 1.75. The molecule has 0 fully saturated rings. The third-order valence-corrected chi connectivity index (χ3v) is 5.18. The van der Waals surface area contributed by atoms with E-state index in [1.165, 1.54) is 0 Å². The van der Waals surface area contributed by atoms with Crippen molar-refractivity contribution < 1.29 is 14.3 Å². The summed E-state index contributed by atoms with van der Waals surface area (Å²) in [6.45, 7) is 10.2. The molecular weight excluding hydrogens is 392 g/mol. The normalized spacial score (nSPS) is 11.4. The Morgan fingerprint density at radius 3 is 2.42 bits per heavy atom. The van der Waals surface area contributed by atoms with Crippen LogP contribution in [-0.2, 0) is 16.1 Å². The van der Waals surface area contributed by atoms with Crippen molar-refractivity contribution >= 4 is 22.9 Å². The fourth-order valence-electron chi connectivity index (χ4n) is 3.25. The number of esters is 1. The lowest BCUT2D eigenvalue weighted by atomic mass is 10.1. The van der Waals surface area contributed by atoms with Crippen LogP contribution < -0.4 is 0 Å². The second kappa shape index (κ2) is 9.29. The summed E-state index contributed by atoms with van der Waals surface area (Å²) < 4.78 is 7.18. The van der Waals surface area contributed by atoms with Gasteiger partial charge in [0.2, 0.25) is 0 Å². The van der Waals surface area contributed by atoms with Crippen LogP contribution in [0.5, 0.6) is 0 Å².